The molecule has 174 valence electrons. The largest absolute Gasteiger partial charge is 0.494 e. The van der Waals surface area contributed by atoms with Crippen LogP contribution in [0, 0.1) is 5.92 Å². The van der Waals surface area contributed by atoms with Crippen molar-refractivity contribution < 1.29 is 19.4 Å². The molecule has 0 bridgehead atoms. The number of aliphatic hydroxyl groups excluding tert-OH is 1. The normalized spacial score (nSPS) is 18.9. The second kappa shape index (κ2) is 10.7. The average molecular weight is 449 g/mol. The minimum absolute atomic E-state index is 0.0858. The lowest BCUT2D eigenvalue weighted by atomic mass is 9.97. The van der Waals surface area contributed by atoms with Crippen LogP contribution in [0.4, 0.5) is 0 Å². The molecule has 1 fully saturated rings. The second-order valence-corrected chi connectivity index (χ2v) is 8.73. The van der Waals surface area contributed by atoms with Crippen LogP contribution in [0.15, 0.2) is 60.3 Å². The molecule has 6 heteroatoms. The molecular formula is C27H32N2O4. The monoisotopic (exact) mass is 448 g/mol. The first-order chi connectivity index (χ1) is 16.1. The Morgan fingerprint density at radius 3 is 2.48 bits per heavy atom. The number of carbonyl (C=O) groups is 2. The van der Waals surface area contributed by atoms with E-state index in [4.69, 9.17) is 4.74 Å². The molecule has 2 aromatic rings. The third-order valence-electron chi connectivity index (χ3n) is 6.32. The van der Waals surface area contributed by atoms with Gasteiger partial charge in [-0.2, -0.15) is 0 Å². The van der Waals surface area contributed by atoms with Crippen LogP contribution in [0.5, 0.6) is 5.75 Å². The van der Waals surface area contributed by atoms with Crippen molar-refractivity contribution in [2.24, 2.45) is 5.92 Å². The molecule has 0 radical (unpaired) electrons. The van der Waals surface area contributed by atoms with Crippen molar-refractivity contribution in [3.8, 4) is 5.75 Å². The van der Waals surface area contributed by atoms with E-state index in [2.05, 4.69) is 6.92 Å². The van der Waals surface area contributed by atoms with Gasteiger partial charge in [0.25, 0.3) is 11.8 Å². The van der Waals surface area contributed by atoms with E-state index in [0.29, 0.717) is 43.9 Å². The summed E-state index contributed by atoms with van der Waals surface area (Å²) < 4.78 is 5.68. The van der Waals surface area contributed by atoms with E-state index < -0.39 is 0 Å². The van der Waals surface area contributed by atoms with Crippen molar-refractivity contribution in [2.45, 2.75) is 32.6 Å². The van der Waals surface area contributed by atoms with Crippen molar-refractivity contribution in [1.82, 2.24) is 9.80 Å². The molecule has 2 amide bonds. The lowest BCUT2D eigenvalue weighted by molar-refractivity contribution is -0.137. The van der Waals surface area contributed by atoms with Crippen molar-refractivity contribution >= 4 is 17.4 Å². The van der Waals surface area contributed by atoms with E-state index in [1.165, 1.54) is 4.90 Å². The second-order valence-electron chi connectivity index (χ2n) is 8.73. The SMILES string of the molecule is CCCOc1ccc(C2=C(N3CCCC(CO)C3)C(=O)N(CCc3ccccc3)C2=O)cc1. The summed E-state index contributed by atoms with van der Waals surface area (Å²) in [6.07, 6.45) is 3.35. The molecule has 1 N–H and O–H groups in total. The van der Waals surface area contributed by atoms with Crippen LogP contribution >= 0.6 is 0 Å². The number of piperidine rings is 1. The zero-order valence-corrected chi connectivity index (χ0v) is 19.2. The first-order valence-electron chi connectivity index (χ1n) is 11.9. The van der Waals surface area contributed by atoms with Crippen molar-refractivity contribution in [1.29, 1.82) is 0 Å². The summed E-state index contributed by atoms with van der Waals surface area (Å²) in [4.78, 5) is 30.5. The number of ether oxygens (including phenoxy) is 1. The van der Waals surface area contributed by atoms with Gasteiger partial charge in [0.1, 0.15) is 11.4 Å². The number of amides is 2. The van der Waals surface area contributed by atoms with Crippen LogP contribution in [-0.4, -0.2) is 59.6 Å². The number of likely N-dealkylation sites (tertiary alicyclic amines) is 1. The average Bonchev–Trinajstić information content (AvgIpc) is 3.11. The first-order valence-corrected chi connectivity index (χ1v) is 11.9. The Morgan fingerprint density at radius 1 is 1.03 bits per heavy atom. The molecule has 0 saturated carbocycles. The topological polar surface area (TPSA) is 70.1 Å². The summed E-state index contributed by atoms with van der Waals surface area (Å²) in [6, 6.07) is 17.3. The van der Waals surface area contributed by atoms with Gasteiger partial charge in [0.15, 0.2) is 0 Å². The third-order valence-corrected chi connectivity index (χ3v) is 6.32. The standard InChI is InChI=1S/C27H32N2O4/c1-2-17-33-23-12-10-22(11-13-23)24-25(28-15-6-9-21(18-28)19-30)27(32)29(26(24)31)16-14-20-7-4-3-5-8-20/h3-5,7-8,10-13,21,30H,2,6,9,14-19H2,1H3. The molecule has 1 saturated heterocycles. The van der Waals surface area contributed by atoms with Gasteiger partial charge < -0.3 is 14.7 Å². The number of carbonyl (C=O) groups excluding carboxylic acids is 2. The Hall–Kier alpha value is -3.12. The quantitative estimate of drug-likeness (QED) is 0.595. The molecule has 6 nitrogen and oxygen atoms in total. The maximum atomic E-state index is 13.5. The van der Waals surface area contributed by atoms with Crippen LogP contribution in [0.1, 0.15) is 37.3 Å². The van der Waals surface area contributed by atoms with Gasteiger partial charge in [-0.1, -0.05) is 49.4 Å². The molecule has 0 aliphatic carbocycles. The fourth-order valence-corrected chi connectivity index (χ4v) is 4.56. The highest BCUT2D eigenvalue weighted by Gasteiger charge is 2.42. The molecule has 4 rings (SSSR count). The lowest BCUT2D eigenvalue weighted by Crippen LogP contribution is -2.41. The molecule has 2 aliphatic rings. The first kappa shape index (κ1) is 23.1. The van der Waals surface area contributed by atoms with E-state index in [-0.39, 0.29) is 24.3 Å². The molecular weight excluding hydrogens is 416 g/mol. The Balaban J connectivity index is 1.63. The fourth-order valence-electron chi connectivity index (χ4n) is 4.56. The smallest absolute Gasteiger partial charge is 0.277 e. The number of hydrogen-bond acceptors (Lipinski definition) is 5. The highest BCUT2D eigenvalue weighted by Crippen LogP contribution is 2.34. The molecule has 33 heavy (non-hydrogen) atoms. The number of rotatable bonds is 9. The van der Waals surface area contributed by atoms with Crippen LogP contribution in [-0.2, 0) is 16.0 Å². The molecule has 0 aromatic heterocycles. The van der Waals surface area contributed by atoms with Gasteiger partial charge in [-0.25, -0.2) is 0 Å². The predicted molar refractivity (Wildman–Crippen MR) is 127 cm³/mol. The lowest BCUT2D eigenvalue weighted by Gasteiger charge is -2.34. The van der Waals surface area contributed by atoms with Crippen molar-refractivity contribution in [3.05, 3.63) is 71.4 Å². The highest BCUT2D eigenvalue weighted by molar-refractivity contribution is 6.35. The maximum absolute atomic E-state index is 13.5. The molecule has 2 aromatic carbocycles. The van der Waals surface area contributed by atoms with Gasteiger partial charge >= 0.3 is 0 Å². The van der Waals surface area contributed by atoms with E-state index >= 15 is 0 Å². The van der Waals surface area contributed by atoms with Crippen LogP contribution in [0.2, 0.25) is 0 Å². The van der Waals surface area contributed by atoms with Crippen LogP contribution in [0.25, 0.3) is 5.57 Å². The summed E-state index contributed by atoms with van der Waals surface area (Å²) in [7, 11) is 0. The Labute approximate surface area is 195 Å². The Bertz CT molecular complexity index is 1000. The molecule has 2 aliphatic heterocycles. The van der Waals surface area contributed by atoms with Crippen LogP contribution < -0.4 is 4.74 Å². The van der Waals surface area contributed by atoms with Crippen molar-refractivity contribution in [3.63, 3.8) is 0 Å². The Kier molecular flexibility index (Phi) is 7.45. The van der Waals surface area contributed by atoms with Crippen LogP contribution in [0.3, 0.4) is 0 Å². The van der Waals surface area contributed by atoms with E-state index in [9.17, 15) is 14.7 Å². The van der Waals surface area contributed by atoms with E-state index in [1.54, 1.807) is 0 Å². The minimum atomic E-state index is -0.251. The fraction of sp³-hybridized carbons (Fsp3) is 0.407. The van der Waals surface area contributed by atoms with E-state index in [1.807, 2.05) is 59.5 Å². The zero-order valence-electron chi connectivity index (χ0n) is 19.2. The summed E-state index contributed by atoms with van der Waals surface area (Å²) in [5.41, 5.74) is 2.73. The minimum Gasteiger partial charge on any atom is -0.494 e. The maximum Gasteiger partial charge on any atom is 0.277 e. The van der Waals surface area contributed by atoms with Crippen molar-refractivity contribution in [2.75, 3.05) is 32.8 Å². The number of benzene rings is 2. The van der Waals surface area contributed by atoms with Gasteiger partial charge in [0.05, 0.1) is 12.2 Å². The van der Waals surface area contributed by atoms with E-state index in [0.717, 1.165) is 36.1 Å². The molecule has 2 heterocycles. The molecule has 1 unspecified atom stereocenters. The van der Waals surface area contributed by atoms with Gasteiger partial charge in [-0.3, -0.25) is 14.5 Å². The summed E-state index contributed by atoms with van der Waals surface area (Å²) in [5, 5.41) is 9.70. The molecule has 0 spiro atoms. The number of nitrogens with zero attached hydrogens (tertiary/aromatic N) is 2. The summed E-state index contributed by atoms with van der Waals surface area (Å²) >= 11 is 0. The van der Waals surface area contributed by atoms with Gasteiger partial charge in [-0.05, 0) is 54.9 Å². The highest BCUT2D eigenvalue weighted by atomic mass is 16.5. The predicted octanol–water partition coefficient (Wildman–Crippen LogP) is 3.50. The zero-order chi connectivity index (χ0) is 23.2. The Morgan fingerprint density at radius 2 is 1.79 bits per heavy atom. The molecule has 1 atom stereocenters. The number of imide groups is 1. The van der Waals surface area contributed by atoms with Gasteiger partial charge in [0, 0.05) is 26.2 Å². The summed E-state index contributed by atoms with van der Waals surface area (Å²) in [6.45, 7) is 4.40. The number of aliphatic hydroxyl groups is 1. The third kappa shape index (κ3) is 5.11. The summed E-state index contributed by atoms with van der Waals surface area (Å²) in [5.74, 6) is 0.368. The van der Waals surface area contributed by atoms with Gasteiger partial charge in [-0.15, -0.1) is 0 Å². The van der Waals surface area contributed by atoms with Gasteiger partial charge in [0.2, 0.25) is 0 Å². The number of hydrogen-bond donors (Lipinski definition) is 1.